The minimum absolute atomic E-state index is 0.0538. The zero-order valence-electron chi connectivity index (χ0n) is 14.9. The second kappa shape index (κ2) is 10.8. The summed E-state index contributed by atoms with van der Waals surface area (Å²) in [6.45, 7) is 6.37. The van der Waals surface area contributed by atoms with Crippen LogP contribution < -0.4 is 10.0 Å². The van der Waals surface area contributed by atoms with Gasteiger partial charge in [0.05, 0.1) is 16.2 Å². The largest absolute Gasteiger partial charge is 0.513 e. The first kappa shape index (κ1) is 20.3. The summed E-state index contributed by atoms with van der Waals surface area (Å²) in [7, 11) is 0. The number of carbonyl (C=O) groups excluding carboxylic acids is 1. The fourth-order valence-corrected chi connectivity index (χ4v) is 4.76. The van der Waals surface area contributed by atoms with Crippen LogP contribution in [0.4, 0.5) is 5.13 Å². The first-order valence-electron chi connectivity index (χ1n) is 9.06. The van der Waals surface area contributed by atoms with Crippen LogP contribution in [0.1, 0.15) is 58.3 Å². The Kier molecular flexibility index (Phi) is 8.78. The van der Waals surface area contributed by atoms with Gasteiger partial charge in [0.2, 0.25) is 5.91 Å². The molecule has 2 rings (SSSR count). The van der Waals surface area contributed by atoms with Crippen LogP contribution in [0.15, 0.2) is 22.7 Å². The van der Waals surface area contributed by atoms with Crippen molar-refractivity contribution in [2.24, 2.45) is 11.8 Å². The molecule has 0 radical (unpaired) electrons. The summed E-state index contributed by atoms with van der Waals surface area (Å²) in [6.07, 6.45) is 10.5. The average Bonchev–Trinajstić information content (AvgIpc) is 3.04. The van der Waals surface area contributed by atoms with Crippen molar-refractivity contribution < 1.29 is 9.90 Å². The Labute approximate surface area is 158 Å². The van der Waals surface area contributed by atoms with E-state index in [0.29, 0.717) is 30.4 Å². The molecule has 1 saturated carbocycles. The molecule has 1 aliphatic carbocycles. The Bertz CT molecular complexity index is 556. The van der Waals surface area contributed by atoms with E-state index in [-0.39, 0.29) is 11.7 Å². The minimum atomic E-state index is 0.0538. The number of carbonyl (C=O) groups is 1. The first-order valence-corrected chi connectivity index (χ1v) is 10.7. The van der Waals surface area contributed by atoms with Crippen molar-refractivity contribution in [1.29, 1.82) is 0 Å². The first-order chi connectivity index (χ1) is 12.0. The van der Waals surface area contributed by atoms with Crippen molar-refractivity contribution in [3.05, 3.63) is 18.5 Å². The van der Waals surface area contributed by atoms with Gasteiger partial charge in [-0.15, -0.1) is 0 Å². The lowest BCUT2D eigenvalue weighted by Crippen LogP contribution is -2.18. The van der Waals surface area contributed by atoms with E-state index in [1.807, 2.05) is 0 Å². The lowest BCUT2D eigenvalue weighted by atomic mass is 9.79. The molecule has 1 atom stereocenters. The lowest BCUT2D eigenvalue weighted by Gasteiger charge is -2.27. The fourth-order valence-electron chi connectivity index (χ4n) is 3.16. The number of aliphatic hydroxyl groups excluding tert-OH is 1. The van der Waals surface area contributed by atoms with E-state index < -0.39 is 0 Å². The summed E-state index contributed by atoms with van der Waals surface area (Å²) < 4.78 is 4.11. The van der Waals surface area contributed by atoms with Crippen LogP contribution in [0.25, 0.3) is 0 Å². The molecule has 1 fully saturated rings. The van der Waals surface area contributed by atoms with E-state index >= 15 is 0 Å². The number of amides is 1. The minimum Gasteiger partial charge on any atom is -0.513 e. The van der Waals surface area contributed by atoms with Crippen molar-refractivity contribution in [2.75, 3.05) is 11.9 Å². The van der Waals surface area contributed by atoms with Crippen molar-refractivity contribution in [2.45, 2.75) is 62.5 Å². The maximum atomic E-state index is 12.1. The van der Waals surface area contributed by atoms with Crippen molar-refractivity contribution >= 4 is 34.3 Å². The molecule has 0 bridgehead atoms. The molecule has 140 valence electrons. The Balaban J connectivity index is 1.65. The second-order valence-corrected chi connectivity index (χ2v) is 8.98. The monoisotopic (exact) mass is 383 g/mol. The smallest absolute Gasteiger partial charge is 0.226 e. The molecule has 0 aliphatic heterocycles. The molecular weight excluding hydrogens is 354 g/mol. The fraction of sp³-hybridized carbons (Fsp3) is 0.667. The van der Waals surface area contributed by atoms with Gasteiger partial charge in [-0.05, 0) is 30.2 Å². The number of rotatable bonds is 10. The molecule has 0 unspecified atom stereocenters. The molecule has 1 aromatic heterocycles. The third-order valence-electron chi connectivity index (χ3n) is 4.70. The third kappa shape index (κ3) is 7.79. The number of aliphatic hydroxyl groups is 1. The zero-order chi connectivity index (χ0) is 18.1. The topological polar surface area (TPSA) is 74.2 Å². The number of anilines is 1. The molecule has 25 heavy (non-hydrogen) atoms. The number of thiazole rings is 1. The Morgan fingerprint density at radius 2 is 2.20 bits per heavy atom. The molecule has 1 aliphatic rings. The summed E-state index contributed by atoms with van der Waals surface area (Å²) in [5, 5.41) is 12.6. The Hall–Kier alpha value is -1.05. The van der Waals surface area contributed by atoms with Gasteiger partial charge in [0.1, 0.15) is 0 Å². The van der Waals surface area contributed by atoms with E-state index in [0.717, 1.165) is 16.5 Å². The van der Waals surface area contributed by atoms with Crippen LogP contribution in [0.2, 0.25) is 0 Å². The van der Waals surface area contributed by atoms with E-state index in [1.165, 1.54) is 55.4 Å². The maximum Gasteiger partial charge on any atom is 0.226 e. The van der Waals surface area contributed by atoms with Gasteiger partial charge in [-0.25, -0.2) is 4.98 Å². The van der Waals surface area contributed by atoms with Crippen LogP contribution in [-0.4, -0.2) is 22.5 Å². The van der Waals surface area contributed by atoms with Crippen LogP contribution in [0.3, 0.4) is 0 Å². The van der Waals surface area contributed by atoms with Crippen LogP contribution in [0.5, 0.6) is 0 Å². The number of nitrogens with one attached hydrogen (secondary N) is 2. The van der Waals surface area contributed by atoms with Gasteiger partial charge in [-0.3, -0.25) is 9.52 Å². The average molecular weight is 384 g/mol. The number of hydrogen-bond acceptors (Lipinski definition) is 6. The standard InChI is InChI=1S/C18H29N3O2S2/c1-13(15-6-4-3-5-7-15)8-9-16(23)21-18-19-12-17(24-18)25-20-11-10-14(2)22/h12-13,15,20,22H,2-11H2,1H3,(H,19,21,23)/t13-/m1/s1. The summed E-state index contributed by atoms with van der Waals surface area (Å²) in [4.78, 5) is 16.4. The normalized spacial score (nSPS) is 16.5. The van der Waals surface area contributed by atoms with Crippen molar-refractivity contribution in [1.82, 2.24) is 9.71 Å². The summed E-state index contributed by atoms with van der Waals surface area (Å²) >= 11 is 2.90. The molecule has 1 amide bonds. The molecule has 7 heteroatoms. The number of hydrogen-bond donors (Lipinski definition) is 3. The highest BCUT2D eigenvalue weighted by Gasteiger charge is 2.20. The molecule has 0 aromatic carbocycles. The molecule has 0 saturated heterocycles. The van der Waals surface area contributed by atoms with E-state index in [1.54, 1.807) is 6.20 Å². The van der Waals surface area contributed by atoms with Gasteiger partial charge in [-0.2, -0.15) is 0 Å². The quantitative estimate of drug-likeness (QED) is 0.296. The van der Waals surface area contributed by atoms with Gasteiger partial charge in [0, 0.05) is 19.4 Å². The summed E-state index contributed by atoms with van der Waals surface area (Å²) in [5.74, 6) is 1.65. The van der Waals surface area contributed by atoms with E-state index in [2.05, 4.69) is 28.5 Å². The Morgan fingerprint density at radius 1 is 1.44 bits per heavy atom. The Morgan fingerprint density at radius 3 is 2.92 bits per heavy atom. The van der Waals surface area contributed by atoms with Gasteiger partial charge in [0.25, 0.3) is 0 Å². The van der Waals surface area contributed by atoms with Crippen LogP contribution >= 0.6 is 23.3 Å². The molecule has 0 spiro atoms. The highest BCUT2D eigenvalue weighted by Crippen LogP contribution is 2.32. The molecular formula is C18H29N3O2S2. The van der Waals surface area contributed by atoms with Gasteiger partial charge >= 0.3 is 0 Å². The maximum absolute atomic E-state index is 12.1. The van der Waals surface area contributed by atoms with E-state index in [9.17, 15) is 4.79 Å². The predicted octanol–water partition coefficient (Wildman–Crippen LogP) is 5.14. The SMILES string of the molecule is C=C(O)CCNSc1cnc(NC(=O)CC[C@@H](C)C2CCCCC2)s1. The molecule has 3 N–H and O–H groups in total. The van der Waals surface area contributed by atoms with Crippen LogP contribution in [0, 0.1) is 11.8 Å². The lowest BCUT2D eigenvalue weighted by molar-refractivity contribution is -0.116. The summed E-state index contributed by atoms with van der Waals surface area (Å²) in [6, 6.07) is 0. The third-order valence-corrected chi connectivity index (χ3v) is 6.56. The second-order valence-electron chi connectivity index (χ2n) is 6.76. The summed E-state index contributed by atoms with van der Waals surface area (Å²) in [5.41, 5.74) is 0. The van der Waals surface area contributed by atoms with E-state index in [4.69, 9.17) is 5.11 Å². The van der Waals surface area contributed by atoms with Gasteiger partial charge in [0.15, 0.2) is 5.13 Å². The van der Waals surface area contributed by atoms with Crippen molar-refractivity contribution in [3.63, 3.8) is 0 Å². The van der Waals surface area contributed by atoms with Crippen molar-refractivity contribution in [3.8, 4) is 0 Å². The predicted molar refractivity (Wildman–Crippen MR) is 106 cm³/mol. The zero-order valence-corrected chi connectivity index (χ0v) is 16.6. The van der Waals surface area contributed by atoms with Crippen LogP contribution in [-0.2, 0) is 4.79 Å². The molecule has 1 aromatic rings. The highest BCUT2D eigenvalue weighted by molar-refractivity contribution is 7.99. The number of nitrogens with zero attached hydrogens (tertiary/aromatic N) is 1. The highest BCUT2D eigenvalue weighted by atomic mass is 32.2. The molecule has 1 heterocycles. The number of aromatic nitrogens is 1. The van der Waals surface area contributed by atoms with Gasteiger partial charge in [-0.1, -0.05) is 56.9 Å². The van der Waals surface area contributed by atoms with Gasteiger partial charge < -0.3 is 10.4 Å². The molecule has 5 nitrogen and oxygen atoms in total.